The number of rotatable bonds is 5. The van der Waals surface area contributed by atoms with Crippen LogP contribution < -0.4 is 9.47 Å². The number of furan rings is 1. The van der Waals surface area contributed by atoms with Gasteiger partial charge in [0.2, 0.25) is 5.91 Å². The molecular weight excluding hydrogens is 378 g/mol. The molecule has 1 unspecified atom stereocenters. The highest BCUT2D eigenvalue weighted by molar-refractivity contribution is 5.92. The first-order chi connectivity index (χ1) is 14.6. The summed E-state index contributed by atoms with van der Waals surface area (Å²) in [6.07, 6.45) is 4.06. The zero-order valence-corrected chi connectivity index (χ0v) is 17.4. The maximum Gasteiger partial charge on any atom is 0.247 e. The number of ether oxygens (including phenoxy) is 2. The van der Waals surface area contributed by atoms with E-state index in [-0.39, 0.29) is 11.9 Å². The Kier molecular flexibility index (Phi) is 5.61. The SMILES string of the molecule is COc1cc2c(cc1OC)C(c1ccccc1)N(C(=O)/C=C/c1ccc(C)o1)CC2. The molecule has 0 saturated carbocycles. The van der Waals surface area contributed by atoms with E-state index in [2.05, 4.69) is 12.1 Å². The zero-order valence-electron chi connectivity index (χ0n) is 17.4. The van der Waals surface area contributed by atoms with Crippen LogP contribution in [-0.2, 0) is 11.2 Å². The molecule has 1 aliphatic heterocycles. The predicted molar refractivity (Wildman–Crippen MR) is 116 cm³/mol. The standard InChI is InChI=1S/C25H25NO4/c1-17-9-10-20(30-17)11-12-24(27)26-14-13-19-15-22(28-2)23(29-3)16-21(19)25(26)18-7-5-4-6-8-18/h4-12,15-16,25H,13-14H2,1-3H3/b12-11+. The minimum Gasteiger partial charge on any atom is -0.493 e. The minimum absolute atomic E-state index is 0.0571. The quantitative estimate of drug-likeness (QED) is 0.575. The molecule has 1 amide bonds. The molecule has 0 bridgehead atoms. The Balaban J connectivity index is 1.74. The van der Waals surface area contributed by atoms with Crippen LogP contribution in [0.25, 0.3) is 6.08 Å². The number of nitrogens with zero attached hydrogens (tertiary/aromatic N) is 1. The smallest absolute Gasteiger partial charge is 0.247 e. The van der Waals surface area contributed by atoms with Crippen LogP contribution >= 0.6 is 0 Å². The monoisotopic (exact) mass is 403 g/mol. The van der Waals surface area contributed by atoms with Gasteiger partial charge in [-0.15, -0.1) is 0 Å². The van der Waals surface area contributed by atoms with E-state index >= 15 is 0 Å². The largest absolute Gasteiger partial charge is 0.493 e. The lowest BCUT2D eigenvalue weighted by Crippen LogP contribution is -2.39. The van der Waals surface area contributed by atoms with Crippen LogP contribution in [0.1, 0.15) is 34.3 Å². The van der Waals surface area contributed by atoms with E-state index < -0.39 is 0 Å². The van der Waals surface area contributed by atoms with Crippen LogP contribution in [0.3, 0.4) is 0 Å². The van der Waals surface area contributed by atoms with Crippen LogP contribution in [0, 0.1) is 6.92 Å². The molecule has 5 heteroatoms. The summed E-state index contributed by atoms with van der Waals surface area (Å²) in [5.74, 6) is 2.79. The van der Waals surface area contributed by atoms with E-state index in [1.807, 2.05) is 54.3 Å². The number of carbonyl (C=O) groups excluding carboxylic acids is 1. The third kappa shape index (κ3) is 3.83. The summed E-state index contributed by atoms with van der Waals surface area (Å²) in [5.41, 5.74) is 3.28. The lowest BCUT2D eigenvalue weighted by atomic mass is 9.87. The fourth-order valence-electron chi connectivity index (χ4n) is 3.97. The van der Waals surface area contributed by atoms with Gasteiger partial charge in [-0.05, 0) is 60.4 Å². The van der Waals surface area contributed by atoms with Crippen molar-refractivity contribution in [1.82, 2.24) is 4.90 Å². The maximum atomic E-state index is 13.2. The van der Waals surface area contributed by atoms with Gasteiger partial charge in [-0.3, -0.25) is 4.79 Å². The Labute approximate surface area is 176 Å². The first kappa shape index (κ1) is 19.8. The molecule has 30 heavy (non-hydrogen) atoms. The molecule has 2 heterocycles. The van der Waals surface area contributed by atoms with E-state index in [0.717, 1.165) is 28.9 Å². The molecule has 1 atom stereocenters. The van der Waals surface area contributed by atoms with Gasteiger partial charge in [-0.25, -0.2) is 0 Å². The Morgan fingerprint density at radius 3 is 2.47 bits per heavy atom. The molecule has 2 aromatic carbocycles. The maximum absolute atomic E-state index is 13.2. The zero-order chi connectivity index (χ0) is 21.1. The fraction of sp³-hybridized carbons (Fsp3) is 0.240. The molecule has 3 aromatic rings. The van der Waals surface area contributed by atoms with E-state index in [4.69, 9.17) is 13.9 Å². The fourth-order valence-corrected chi connectivity index (χ4v) is 3.97. The molecule has 0 aliphatic carbocycles. The van der Waals surface area contributed by atoms with Crippen molar-refractivity contribution >= 4 is 12.0 Å². The van der Waals surface area contributed by atoms with Gasteiger partial charge in [0.25, 0.3) is 0 Å². The van der Waals surface area contributed by atoms with Crippen molar-refractivity contribution in [2.45, 2.75) is 19.4 Å². The van der Waals surface area contributed by atoms with Gasteiger partial charge in [-0.1, -0.05) is 30.3 Å². The van der Waals surface area contributed by atoms with Crippen LogP contribution in [0.5, 0.6) is 11.5 Å². The number of benzene rings is 2. The average molecular weight is 403 g/mol. The van der Waals surface area contributed by atoms with Gasteiger partial charge in [0.05, 0.1) is 20.3 Å². The summed E-state index contributed by atoms with van der Waals surface area (Å²) >= 11 is 0. The van der Waals surface area contributed by atoms with E-state index in [1.54, 1.807) is 26.4 Å². The van der Waals surface area contributed by atoms with Gasteiger partial charge in [0.1, 0.15) is 11.5 Å². The summed E-state index contributed by atoms with van der Waals surface area (Å²) in [5, 5.41) is 0. The van der Waals surface area contributed by atoms with Crippen molar-refractivity contribution in [1.29, 1.82) is 0 Å². The predicted octanol–water partition coefficient (Wildman–Crippen LogP) is 4.79. The topological polar surface area (TPSA) is 51.9 Å². The van der Waals surface area contributed by atoms with Crippen LogP contribution in [0.2, 0.25) is 0 Å². The molecule has 0 saturated heterocycles. The van der Waals surface area contributed by atoms with Gasteiger partial charge in [0, 0.05) is 12.6 Å². The van der Waals surface area contributed by atoms with Crippen molar-refractivity contribution in [3.8, 4) is 11.5 Å². The first-order valence-electron chi connectivity index (χ1n) is 9.95. The first-order valence-corrected chi connectivity index (χ1v) is 9.95. The minimum atomic E-state index is -0.203. The number of aryl methyl sites for hydroxylation is 1. The molecule has 154 valence electrons. The summed E-state index contributed by atoms with van der Waals surface area (Å²) < 4.78 is 16.6. The van der Waals surface area contributed by atoms with Crippen molar-refractivity contribution in [3.05, 3.63) is 88.9 Å². The van der Waals surface area contributed by atoms with E-state index in [0.29, 0.717) is 23.8 Å². The number of hydrogen-bond donors (Lipinski definition) is 0. The number of fused-ring (bicyclic) bond motifs is 1. The second kappa shape index (κ2) is 8.49. The Morgan fingerprint density at radius 2 is 1.80 bits per heavy atom. The van der Waals surface area contributed by atoms with Gasteiger partial charge in [0.15, 0.2) is 11.5 Å². The van der Waals surface area contributed by atoms with Gasteiger partial charge < -0.3 is 18.8 Å². The summed E-state index contributed by atoms with van der Waals surface area (Å²) in [7, 11) is 3.26. The van der Waals surface area contributed by atoms with Gasteiger partial charge in [-0.2, -0.15) is 0 Å². The molecule has 0 fully saturated rings. The number of hydrogen-bond acceptors (Lipinski definition) is 4. The average Bonchev–Trinajstić information content (AvgIpc) is 3.21. The molecular formula is C25H25NO4. The highest BCUT2D eigenvalue weighted by Gasteiger charge is 2.32. The van der Waals surface area contributed by atoms with E-state index in [9.17, 15) is 4.79 Å². The summed E-state index contributed by atoms with van der Waals surface area (Å²) in [6.45, 7) is 2.50. The molecule has 1 aromatic heterocycles. The lowest BCUT2D eigenvalue weighted by Gasteiger charge is -2.37. The van der Waals surface area contributed by atoms with Gasteiger partial charge >= 0.3 is 0 Å². The van der Waals surface area contributed by atoms with Crippen molar-refractivity contribution in [2.75, 3.05) is 20.8 Å². The molecule has 5 nitrogen and oxygen atoms in total. The third-order valence-electron chi connectivity index (χ3n) is 5.42. The highest BCUT2D eigenvalue weighted by Crippen LogP contribution is 2.41. The molecule has 1 aliphatic rings. The lowest BCUT2D eigenvalue weighted by molar-refractivity contribution is -0.128. The number of amides is 1. The Bertz CT molecular complexity index is 1070. The van der Waals surface area contributed by atoms with Crippen molar-refractivity contribution in [3.63, 3.8) is 0 Å². The molecule has 0 N–H and O–H groups in total. The third-order valence-corrected chi connectivity index (χ3v) is 5.42. The Morgan fingerprint density at radius 1 is 1.07 bits per heavy atom. The van der Waals surface area contributed by atoms with Crippen molar-refractivity contribution < 1.29 is 18.7 Å². The molecule has 0 radical (unpaired) electrons. The van der Waals surface area contributed by atoms with Crippen LogP contribution in [0.15, 0.2) is 65.1 Å². The summed E-state index contributed by atoms with van der Waals surface area (Å²) in [4.78, 5) is 15.1. The number of carbonyl (C=O) groups is 1. The van der Waals surface area contributed by atoms with Crippen LogP contribution in [-0.4, -0.2) is 31.6 Å². The van der Waals surface area contributed by atoms with Crippen LogP contribution in [0.4, 0.5) is 0 Å². The number of methoxy groups -OCH3 is 2. The second-order valence-corrected chi connectivity index (χ2v) is 7.28. The Hall–Kier alpha value is -3.47. The molecule has 4 rings (SSSR count). The molecule has 0 spiro atoms. The van der Waals surface area contributed by atoms with Crippen molar-refractivity contribution in [2.24, 2.45) is 0 Å². The highest BCUT2D eigenvalue weighted by atomic mass is 16.5. The normalized spacial score (nSPS) is 15.8. The summed E-state index contributed by atoms with van der Waals surface area (Å²) in [6, 6.07) is 17.6. The second-order valence-electron chi connectivity index (χ2n) is 7.28. The van der Waals surface area contributed by atoms with E-state index in [1.165, 1.54) is 0 Å².